The number of benzene rings is 2. The molecule has 2 aromatic carbocycles. The van der Waals surface area contributed by atoms with Crippen molar-refractivity contribution >= 4 is 23.4 Å². The highest BCUT2D eigenvalue weighted by Crippen LogP contribution is 2.19. The Morgan fingerprint density at radius 2 is 1.83 bits per heavy atom. The van der Waals surface area contributed by atoms with Crippen LogP contribution in [0, 0.1) is 0 Å². The highest BCUT2D eigenvalue weighted by Gasteiger charge is 2.24. The number of hydrogen-bond acceptors (Lipinski definition) is 7. The van der Waals surface area contributed by atoms with Gasteiger partial charge in [-0.1, -0.05) is 36.4 Å². The van der Waals surface area contributed by atoms with Crippen molar-refractivity contribution in [3.05, 3.63) is 86.6 Å². The number of H-pyrrole nitrogens is 1. The second kappa shape index (κ2) is 11.1. The first-order chi connectivity index (χ1) is 16.7. The molecule has 0 aliphatic rings. The third kappa shape index (κ3) is 6.10. The van der Waals surface area contributed by atoms with E-state index in [9.17, 15) is 28.0 Å². The minimum atomic E-state index is -3.07. The molecule has 3 aromatic rings. The van der Waals surface area contributed by atoms with Gasteiger partial charge in [-0.3, -0.25) is 19.1 Å². The van der Waals surface area contributed by atoms with Gasteiger partial charge in [0.15, 0.2) is 12.3 Å². The van der Waals surface area contributed by atoms with E-state index in [-0.39, 0.29) is 35.9 Å². The van der Waals surface area contributed by atoms with E-state index >= 15 is 0 Å². The number of anilines is 2. The van der Waals surface area contributed by atoms with Crippen LogP contribution in [0.2, 0.25) is 0 Å². The summed E-state index contributed by atoms with van der Waals surface area (Å²) in [5, 5.41) is 0. The van der Waals surface area contributed by atoms with Gasteiger partial charge in [0.2, 0.25) is 0 Å². The molecule has 0 fully saturated rings. The first kappa shape index (κ1) is 25.1. The number of nitrogens with two attached hydrogens (primary N) is 1. The van der Waals surface area contributed by atoms with Gasteiger partial charge in [0, 0.05) is 6.54 Å². The number of likely N-dealkylation sites (N-methyl/N-ethyl adjacent to an activating group) is 1. The average Bonchev–Trinajstić information content (AvgIpc) is 2.83. The van der Waals surface area contributed by atoms with E-state index < -0.39 is 36.3 Å². The van der Waals surface area contributed by atoms with Gasteiger partial charge in [0.25, 0.3) is 11.5 Å². The Bertz CT molecular complexity index is 1320. The predicted molar refractivity (Wildman–Crippen MR) is 123 cm³/mol. The van der Waals surface area contributed by atoms with Crippen LogP contribution in [0.1, 0.15) is 22.8 Å². The number of alkyl halides is 2. The molecular formula is C23H22F2N4O6. The number of nitrogen functional groups attached to an aromatic ring is 1. The number of hydrogen-bond donors (Lipinski definition) is 2. The molecular weight excluding hydrogens is 466 g/mol. The van der Waals surface area contributed by atoms with Crippen LogP contribution in [0.15, 0.2) is 64.2 Å². The van der Waals surface area contributed by atoms with Gasteiger partial charge in [-0.15, -0.1) is 0 Å². The van der Waals surface area contributed by atoms with Gasteiger partial charge in [0.05, 0.1) is 12.1 Å². The lowest BCUT2D eigenvalue weighted by molar-refractivity contribution is -0.121. The van der Waals surface area contributed by atoms with E-state index in [1.165, 1.54) is 18.2 Å². The van der Waals surface area contributed by atoms with E-state index in [4.69, 9.17) is 10.5 Å². The molecule has 1 aromatic heterocycles. The van der Waals surface area contributed by atoms with Crippen LogP contribution >= 0.6 is 0 Å². The maximum absolute atomic E-state index is 12.8. The molecule has 1 amide bonds. The fourth-order valence-electron chi connectivity index (χ4n) is 3.31. The van der Waals surface area contributed by atoms with Crippen LogP contribution in [0.25, 0.3) is 0 Å². The predicted octanol–water partition coefficient (Wildman–Crippen LogP) is 1.98. The molecule has 184 valence electrons. The molecule has 0 spiro atoms. The van der Waals surface area contributed by atoms with Crippen LogP contribution < -0.4 is 26.6 Å². The van der Waals surface area contributed by atoms with Crippen molar-refractivity contribution in [1.29, 1.82) is 0 Å². The van der Waals surface area contributed by atoms with Gasteiger partial charge in [-0.25, -0.2) is 9.59 Å². The monoisotopic (exact) mass is 488 g/mol. The first-order valence-electron chi connectivity index (χ1n) is 10.4. The zero-order valence-corrected chi connectivity index (χ0v) is 18.6. The van der Waals surface area contributed by atoms with E-state index in [2.05, 4.69) is 9.72 Å². The van der Waals surface area contributed by atoms with Crippen LogP contribution in [0.3, 0.4) is 0 Å². The molecule has 35 heavy (non-hydrogen) atoms. The molecule has 12 heteroatoms. The van der Waals surface area contributed by atoms with Crippen molar-refractivity contribution in [1.82, 2.24) is 9.55 Å². The largest absolute Gasteiger partial charge is 0.452 e. The number of nitrogens with one attached hydrogen (secondary N) is 1. The summed E-state index contributed by atoms with van der Waals surface area (Å²) in [7, 11) is 0. The minimum absolute atomic E-state index is 0.0229. The van der Waals surface area contributed by atoms with Crippen LogP contribution in [0.4, 0.5) is 20.3 Å². The Morgan fingerprint density at radius 3 is 2.49 bits per heavy atom. The quantitative estimate of drug-likeness (QED) is 0.440. The van der Waals surface area contributed by atoms with Gasteiger partial charge >= 0.3 is 18.3 Å². The Morgan fingerprint density at radius 1 is 1.11 bits per heavy atom. The molecule has 1 heterocycles. The van der Waals surface area contributed by atoms with Crippen molar-refractivity contribution in [3.63, 3.8) is 0 Å². The number of carbonyl (C=O) groups excluding carboxylic acids is 2. The molecule has 0 atom stereocenters. The number of esters is 1. The van der Waals surface area contributed by atoms with Gasteiger partial charge in [0.1, 0.15) is 11.6 Å². The highest BCUT2D eigenvalue weighted by atomic mass is 19.3. The number of amides is 1. The SMILES string of the molecule is CCN(C(=O)COC(=O)c1cccc(OC(F)F)c1)c1c(N)n(Cc2ccccc2)c(=O)[nH]c1=O. The summed E-state index contributed by atoms with van der Waals surface area (Å²) in [6.45, 7) is -2.26. The number of aromatic amines is 1. The average molecular weight is 488 g/mol. The lowest BCUT2D eigenvalue weighted by Crippen LogP contribution is -2.42. The van der Waals surface area contributed by atoms with Crippen LogP contribution in [-0.2, 0) is 16.1 Å². The molecule has 0 aliphatic heterocycles. The summed E-state index contributed by atoms with van der Waals surface area (Å²) in [6, 6.07) is 13.7. The van der Waals surface area contributed by atoms with Crippen LogP contribution in [0.5, 0.6) is 5.75 Å². The molecule has 0 saturated carbocycles. The fourth-order valence-corrected chi connectivity index (χ4v) is 3.31. The number of carbonyl (C=O) groups is 2. The highest BCUT2D eigenvalue weighted by molar-refractivity contribution is 5.98. The summed E-state index contributed by atoms with van der Waals surface area (Å²) in [6.07, 6.45) is 0. The summed E-state index contributed by atoms with van der Waals surface area (Å²) >= 11 is 0. The topological polar surface area (TPSA) is 137 Å². The molecule has 10 nitrogen and oxygen atoms in total. The van der Waals surface area contributed by atoms with Crippen molar-refractivity contribution in [2.75, 3.05) is 23.8 Å². The van der Waals surface area contributed by atoms with Crippen molar-refractivity contribution in [3.8, 4) is 5.75 Å². The molecule has 0 unspecified atom stereocenters. The molecule has 0 saturated heterocycles. The molecule has 3 rings (SSSR count). The number of halogens is 2. The second-order valence-corrected chi connectivity index (χ2v) is 7.19. The van der Waals surface area contributed by atoms with Crippen molar-refractivity contribution in [2.24, 2.45) is 0 Å². The number of rotatable bonds is 9. The zero-order valence-electron chi connectivity index (χ0n) is 18.6. The summed E-state index contributed by atoms with van der Waals surface area (Å²) < 4.78 is 35.1. The normalized spacial score (nSPS) is 10.7. The van der Waals surface area contributed by atoms with E-state index in [0.29, 0.717) is 0 Å². The Hall–Kier alpha value is -4.48. The number of ether oxygens (including phenoxy) is 2. The molecule has 0 aliphatic carbocycles. The van der Waals surface area contributed by atoms with Crippen molar-refractivity contribution < 1.29 is 27.8 Å². The smallest absolute Gasteiger partial charge is 0.387 e. The standard InChI is InChI=1S/C23H22F2N4O6/c1-2-28(17(30)13-34-21(32)15-9-6-10-16(11-15)35-22(24)25)18-19(26)29(23(33)27-20(18)31)12-14-7-4-3-5-8-14/h3-11,22H,2,12-13,26H2,1H3,(H,27,31,33). The summed E-state index contributed by atoms with van der Waals surface area (Å²) in [4.78, 5) is 53.1. The third-order valence-electron chi connectivity index (χ3n) is 4.91. The van der Waals surface area contributed by atoms with Gasteiger partial charge in [-0.2, -0.15) is 8.78 Å². The minimum Gasteiger partial charge on any atom is -0.452 e. The lowest BCUT2D eigenvalue weighted by atomic mass is 10.2. The van der Waals surface area contributed by atoms with E-state index in [1.54, 1.807) is 37.3 Å². The maximum atomic E-state index is 12.8. The molecule has 0 radical (unpaired) electrons. The maximum Gasteiger partial charge on any atom is 0.387 e. The van der Waals surface area contributed by atoms with Gasteiger partial charge in [-0.05, 0) is 30.7 Å². The fraction of sp³-hybridized carbons (Fsp3) is 0.217. The van der Waals surface area contributed by atoms with E-state index in [1.807, 2.05) is 0 Å². The molecule has 0 bridgehead atoms. The Balaban J connectivity index is 1.80. The summed E-state index contributed by atoms with van der Waals surface area (Å²) in [5.74, 6) is -2.25. The Labute approximate surface area is 197 Å². The number of aromatic nitrogens is 2. The Kier molecular flexibility index (Phi) is 7.97. The van der Waals surface area contributed by atoms with Crippen molar-refractivity contribution in [2.45, 2.75) is 20.1 Å². The number of nitrogens with zero attached hydrogens (tertiary/aromatic N) is 2. The second-order valence-electron chi connectivity index (χ2n) is 7.19. The van der Waals surface area contributed by atoms with E-state index in [0.717, 1.165) is 21.1 Å². The first-order valence-corrected chi connectivity index (χ1v) is 10.4. The lowest BCUT2D eigenvalue weighted by Gasteiger charge is -2.23. The third-order valence-corrected chi connectivity index (χ3v) is 4.91. The zero-order chi connectivity index (χ0) is 25.5. The van der Waals surface area contributed by atoms with Crippen LogP contribution in [-0.4, -0.2) is 41.2 Å². The molecule has 3 N–H and O–H groups in total. The summed E-state index contributed by atoms with van der Waals surface area (Å²) in [5.41, 5.74) is 4.84. The van der Waals surface area contributed by atoms with Gasteiger partial charge < -0.3 is 20.1 Å².